The molecule has 29 heavy (non-hydrogen) atoms. The Balaban J connectivity index is 1.26. The zero-order valence-corrected chi connectivity index (χ0v) is 17.3. The molecule has 5 fully saturated rings. The SMILES string of the molecule is OC1(C23CCC(c4cccc5ccccc45)(CC2)CC3)CCC2(CC1)OCCO2. The van der Waals surface area contributed by atoms with Crippen LogP contribution in [0.3, 0.4) is 0 Å². The highest BCUT2D eigenvalue weighted by atomic mass is 16.7. The minimum Gasteiger partial charge on any atom is -0.389 e. The summed E-state index contributed by atoms with van der Waals surface area (Å²) in [7, 11) is 0. The van der Waals surface area contributed by atoms with Crippen molar-refractivity contribution in [2.45, 2.75) is 81.0 Å². The third-order valence-corrected chi connectivity index (χ3v) is 9.25. The van der Waals surface area contributed by atoms with Gasteiger partial charge in [-0.2, -0.15) is 0 Å². The van der Waals surface area contributed by atoms with Gasteiger partial charge in [-0.3, -0.25) is 0 Å². The second-order valence-corrected chi connectivity index (χ2v) is 10.2. The van der Waals surface area contributed by atoms with E-state index in [1.165, 1.54) is 30.0 Å². The van der Waals surface area contributed by atoms with Gasteiger partial charge in [0, 0.05) is 12.8 Å². The minimum atomic E-state index is -0.543. The average molecular weight is 393 g/mol. The van der Waals surface area contributed by atoms with Gasteiger partial charge in [0.15, 0.2) is 5.79 Å². The van der Waals surface area contributed by atoms with E-state index in [0.29, 0.717) is 18.6 Å². The van der Waals surface area contributed by atoms with Crippen molar-refractivity contribution in [2.24, 2.45) is 5.41 Å². The standard InChI is InChI=1S/C26H32O3/c27-25(14-16-26(17-15-25)28-18-19-29-26)24-11-8-23(9-12-24,10-13-24)22-7-3-5-20-4-1-2-6-21(20)22/h1-7,27H,8-19H2. The topological polar surface area (TPSA) is 38.7 Å². The summed E-state index contributed by atoms with van der Waals surface area (Å²) in [5, 5.41) is 14.6. The van der Waals surface area contributed by atoms with Crippen molar-refractivity contribution < 1.29 is 14.6 Å². The van der Waals surface area contributed by atoms with Crippen LogP contribution in [0.5, 0.6) is 0 Å². The molecule has 1 heterocycles. The van der Waals surface area contributed by atoms with Crippen molar-refractivity contribution in [3.63, 3.8) is 0 Å². The van der Waals surface area contributed by atoms with E-state index in [4.69, 9.17) is 9.47 Å². The maximum absolute atomic E-state index is 11.8. The first-order valence-electron chi connectivity index (χ1n) is 11.6. The Morgan fingerprint density at radius 1 is 0.655 bits per heavy atom. The Kier molecular flexibility index (Phi) is 3.98. The first-order valence-corrected chi connectivity index (χ1v) is 11.6. The smallest absolute Gasteiger partial charge is 0.168 e. The van der Waals surface area contributed by atoms with E-state index in [2.05, 4.69) is 42.5 Å². The zero-order chi connectivity index (χ0) is 19.6. The van der Waals surface area contributed by atoms with Crippen molar-refractivity contribution in [3.05, 3.63) is 48.0 Å². The van der Waals surface area contributed by atoms with Crippen molar-refractivity contribution >= 4 is 10.8 Å². The largest absolute Gasteiger partial charge is 0.389 e. The summed E-state index contributed by atoms with van der Waals surface area (Å²) in [4.78, 5) is 0. The van der Waals surface area contributed by atoms with Crippen LogP contribution in [0.1, 0.15) is 69.8 Å². The van der Waals surface area contributed by atoms with E-state index in [0.717, 1.165) is 44.9 Å². The van der Waals surface area contributed by atoms with Crippen LogP contribution in [0.25, 0.3) is 10.8 Å². The molecule has 1 aliphatic heterocycles. The molecule has 0 aromatic heterocycles. The summed E-state index contributed by atoms with van der Waals surface area (Å²) in [5.74, 6) is -0.390. The lowest BCUT2D eigenvalue weighted by atomic mass is 9.45. The maximum atomic E-state index is 11.8. The van der Waals surface area contributed by atoms with Crippen LogP contribution in [-0.2, 0) is 14.9 Å². The Labute approximate surface area is 173 Å². The molecule has 3 heteroatoms. The van der Waals surface area contributed by atoms with Gasteiger partial charge < -0.3 is 14.6 Å². The summed E-state index contributed by atoms with van der Waals surface area (Å²) in [6, 6.07) is 15.7. The van der Waals surface area contributed by atoms with Crippen LogP contribution in [0.15, 0.2) is 42.5 Å². The molecule has 154 valence electrons. The van der Waals surface area contributed by atoms with Crippen molar-refractivity contribution in [2.75, 3.05) is 13.2 Å². The van der Waals surface area contributed by atoms with Crippen molar-refractivity contribution in [3.8, 4) is 0 Å². The quantitative estimate of drug-likeness (QED) is 0.735. The Morgan fingerprint density at radius 2 is 1.28 bits per heavy atom. The summed E-state index contributed by atoms with van der Waals surface area (Å²) in [6.07, 6.45) is 10.4. The summed E-state index contributed by atoms with van der Waals surface area (Å²) in [5.41, 5.74) is 1.40. The molecule has 2 aromatic rings. The van der Waals surface area contributed by atoms with Crippen molar-refractivity contribution in [1.82, 2.24) is 0 Å². The van der Waals surface area contributed by atoms with Crippen LogP contribution in [0, 0.1) is 5.41 Å². The lowest BCUT2D eigenvalue weighted by Gasteiger charge is -2.61. The van der Waals surface area contributed by atoms with Gasteiger partial charge in [-0.15, -0.1) is 0 Å². The minimum absolute atomic E-state index is 0.0968. The molecule has 4 saturated carbocycles. The van der Waals surface area contributed by atoms with E-state index in [1.54, 1.807) is 5.56 Å². The van der Waals surface area contributed by atoms with Gasteiger partial charge >= 0.3 is 0 Å². The lowest BCUT2D eigenvalue weighted by Crippen LogP contribution is -2.59. The maximum Gasteiger partial charge on any atom is 0.168 e. The molecule has 0 atom stereocenters. The van der Waals surface area contributed by atoms with Gasteiger partial charge in [0.05, 0.1) is 18.8 Å². The van der Waals surface area contributed by atoms with Crippen LogP contribution < -0.4 is 0 Å². The van der Waals surface area contributed by atoms with Crippen LogP contribution >= 0.6 is 0 Å². The summed E-state index contributed by atoms with van der Waals surface area (Å²) in [6.45, 7) is 1.41. The molecule has 0 unspecified atom stereocenters. The predicted molar refractivity (Wildman–Crippen MR) is 114 cm³/mol. The number of fused-ring (bicyclic) bond motifs is 4. The molecule has 0 amide bonds. The fraction of sp³-hybridized carbons (Fsp3) is 0.615. The molecule has 2 aromatic carbocycles. The molecule has 7 rings (SSSR count). The van der Waals surface area contributed by atoms with Gasteiger partial charge in [-0.25, -0.2) is 0 Å². The Bertz CT molecular complexity index is 887. The third kappa shape index (κ3) is 2.60. The fourth-order valence-electron chi connectivity index (χ4n) is 7.34. The number of hydrogen-bond donors (Lipinski definition) is 1. The van der Waals surface area contributed by atoms with E-state index in [-0.39, 0.29) is 11.2 Å². The first-order chi connectivity index (χ1) is 14.1. The van der Waals surface area contributed by atoms with E-state index < -0.39 is 5.60 Å². The molecule has 1 spiro atoms. The number of aliphatic hydroxyl groups is 1. The van der Waals surface area contributed by atoms with E-state index in [9.17, 15) is 5.11 Å². The van der Waals surface area contributed by atoms with Crippen LogP contribution in [0.2, 0.25) is 0 Å². The molecule has 0 radical (unpaired) electrons. The normalized spacial score (nSPS) is 35.3. The molecule has 3 nitrogen and oxygen atoms in total. The summed E-state index contributed by atoms with van der Waals surface area (Å²) < 4.78 is 11.8. The molecular weight excluding hydrogens is 360 g/mol. The molecule has 5 aliphatic rings. The fourth-order valence-corrected chi connectivity index (χ4v) is 7.34. The van der Waals surface area contributed by atoms with E-state index in [1.807, 2.05) is 0 Å². The third-order valence-electron chi connectivity index (χ3n) is 9.25. The second-order valence-electron chi connectivity index (χ2n) is 10.2. The van der Waals surface area contributed by atoms with Gasteiger partial charge in [0.1, 0.15) is 0 Å². The van der Waals surface area contributed by atoms with Crippen molar-refractivity contribution in [1.29, 1.82) is 0 Å². The highest BCUT2D eigenvalue weighted by Gasteiger charge is 2.60. The Hall–Kier alpha value is -1.42. The number of ether oxygens (including phenoxy) is 2. The highest BCUT2D eigenvalue weighted by Crippen LogP contribution is 2.65. The Morgan fingerprint density at radius 3 is 1.97 bits per heavy atom. The molecular formula is C26H32O3. The van der Waals surface area contributed by atoms with Crippen LogP contribution in [0.4, 0.5) is 0 Å². The van der Waals surface area contributed by atoms with Gasteiger partial charge in [-0.05, 0) is 78.5 Å². The van der Waals surface area contributed by atoms with E-state index >= 15 is 0 Å². The van der Waals surface area contributed by atoms with Gasteiger partial charge in [0.2, 0.25) is 0 Å². The molecule has 1 saturated heterocycles. The highest BCUT2D eigenvalue weighted by molar-refractivity contribution is 5.86. The number of benzene rings is 2. The molecule has 2 bridgehead atoms. The lowest BCUT2D eigenvalue weighted by molar-refractivity contribution is -0.235. The van der Waals surface area contributed by atoms with Gasteiger partial charge in [-0.1, -0.05) is 42.5 Å². The molecule has 1 N–H and O–H groups in total. The monoisotopic (exact) mass is 392 g/mol. The molecule has 4 aliphatic carbocycles. The van der Waals surface area contributed by atoms with Gasteiger partial charge in [0.25, 0.3) is 0 Å². The zero-order valence-electron chi connectivity index (χ0n) is 17.3. The number of rotatable bonds is 2. The summed E-state index contributed by atoms with van der Waals surface area (Å²) >= 11 is 0. The predicted octanol–water partition coefficient (Wildman–Crippen LogP) is 5.48. The first kappa shape index (κ1) is 18.4. The second kappa shape index (κ2) is 6.29. The number of hydrogen-bond acceptors (Lipinski definition) is 3. The van der Waals surface area contributed by atoms with Crippen LogP contribution in [-0.4, -0.2) is 29.7 Å². The average Bonchev–Trinajstić information content (AvgIpc) is 3.25.